The number of anilines is 3. The van der Waals surface area contributed by atoms with Crippen LogP contribution in [-0.2, 0) is 4.79 Å². The third kappa shape index (κ3) is 7.32. The molecule has 1 atom stereocenters. The van der Waals surface area contributed by atoms with Crippen LogP contribution in [0.25, 0.3) is 11.3 Å². The molecule has 1 amide bonds. The highest BCUT2D eigenvalue weighted by Crippen LogP contribution is 2.38. The number of methoxy groups -OCH3 is 1. The van der Waals surface area contributed by atoms with E-state index in [0.717, 1.165) is 38.0 Å². The third-order valence-electron chi connectivity index (χ3n) is 6.12. The summed E-state index contributed by atoms with van der Waals surface area (Å²) < 4.78 is 5.40. The van der Waals surface area contributed by atoms with Gasteiger partial charge in [-0.2, -0.15) is 0 Å². The smallest absolute Gasteiger partial charge is 0.244 e. The number of amides is 1. The van der Waals surface area contributed by atoms with Crippen molar-refractivity contribution in [3.05, 3.63) is 120 Å². The zero-order valence-electron chi connectivity index (χ0n) is 22.5. The summed E-state index contributed by atoms with van der Waals surface area (Å²) in [5.41, 5.74) is 4.38. The molecular weight excluding hydrogens is 569 g/mol. The summed E-state index contributed by atoms with van der Waals surface area (Å²) in [4.78, 5) is 20.4. The first kappa shape index (κ1) is 28.4. The molecule has 1 aromatic heterocycles. The molecule has 0 radical (unpaired) electrons. The minimum atomic E-state index is -0.491. The number of thiazole rings is 1. The van der Waals surface area contributed by atoms with E-state index in [-0.39, 0.29) is 5.91 Å². The molecule has 0 bridgehead atoms. The number of carbonyl (C=O) groups is 1. The fourth-order valence-electron chi connectivity index (χ4n) is 4.20. The fourth-order valence-corrected chi connectivity index (χ4v) is 6.35. The van der Waals surface area contributed by atoms with Gasteiger partial charge in [-0.25, -0.2) is 4.98 Å². The Morgan fingerprint density at radius 2 is 1.59 bits per heavy atom. The Balaban J connectivity index is 1.32. The molecule has 1 unspecified atom stereocenters. The van der Waals surface area contributed by atoms with E-state index in [1.807, 2.05) is 116 Å². The van der Waals surface area contributed by atoms with Gasteiger partial charge in [0.2, 0.25) is 5.91 Å². The average Bonchev–Trinajstić information content (AvgIpc) is 3.36. The number of rotatable bonds is 9. The molecule has 5 rings (SSSR count). The van der Waals surface area contributed by atoms with Crippen molar-refractivity contribution in [3.63, 3.8) is 0 Å². The number of carbonyl (C=O) groups excluding carboxylic acids is 1. The van der Waals surface area contributed by atoms with E-state index in [1.54, 1.807) is 7.11 Å². The van der Waals surface area contributed by atoms with Gasteiger partial charge in [0.25, 0.3) is 0 Å². The highest BCUT2D eigenvalue weighted by Gasteiger charge is 2.24. The van der Waals surface area contributed by atoms with Crippen LogP contribution in [0, 0.1) is 6.92 Å². The van der Waals surface area contributed by atoms with E-state index >= 15 is 0 Å². The van der Waals surface area contributed by atoms with Gasteiger partial charge in [0, 0.05) is 21.0 Å². The number of para-hydroxylation sites is 2. The van der Waals surface area contributed by atoms with Crippen molar-refractivity contribution < 1.29 is 9.53 Å². The molecule has 0 saturated carbocycles. The first-order valence-corrected chi connectivity index (χ1v) is 15.0. The van der Waals surface area contributed by atoms with Gasteiger partial charge < -0.3 is 20.7 Å². The number of aromatic nitrogens is 1. The maximum atomic E-state index is 13.7. The highest BCUT2D eigenvalue weighted by atomic mass is 32.2. The molecule has 206 valence electrons. The molecule has 0 aliphatic heterocycles. The van der Waals surface area contributed by atoms with Gasteiger partial charge in [0.15, 0.2) is 10.2 Å². The Hall–Kier alpha value is -4.18. The van der Waals surface area contributed by atoms with Gasteiger partial charge in [0.1, 0.15) is 11.0 Å². The monoisotopic (exact) mass is 596 g/mol. The van der Waals surface area contributed by atoms with Crippen molar-refractivity contribution in [2.24, 2.45) is 0 Å². The minimum absolute atomic E-state index is 0.138. The van der Waals surface area contributed by atoms with E-state index in [1.165, 1.54) is 23.1 Å². The molecule has 6 nitrogen and oxygen atoms in total. The molecule has 0 spiro atoms. The van der Waals surface area contributed by atoms with Gasteiger partial charge in [-0.15, -0.1) is 23.1 Å². The first-order valence-electron chi connectivity index (χ1n) is 12.9. The predicted octanol–water partition coefficient (Wildman–Crippen LogP) is 8.41. The second kappa shape index (κ2) is 13.5. The van der Waals surface area contributed by atoms with Crippen molar-refractivity contribution in [2.45, 2.75) is 17.1 Å². The van der Waals surface area contributed by atoms with Crippen molar-refractivity contribution in [1.29, 1.82) is 0 Å². The van der Waals surface area contributed by atoms with Crippen molar-refractivity contribution in [1.82, 2.24) is 4.98 Å². The van der Waals surface area contributed by atoms with Crippen LogP contribution in [-0.4, -0.2) is 23.1 Å². The summed E-state index contributed by atoms with van der Waals surface area (Å²) in [5, 5.41) is 10.00. The largest absolute Gasteiger partial charge is 0.495 e. The number of thiocarbonyl (C=S) groups is 1. The van der Waals surface area contributed by atoms with Crippen molar-refractivity contribution >= 4 is 62.8 Å². The molecule has 0 aliphatic rings. The van der Waals surface area contributed by atoms with Gasteiger partial charge in [-0.1, -0.05) is 78.9 Å². The lowest BCUT2D eigenvalue weighted by molar-refractivity contribution is -0.115. The van der Waals surface area contributed by atoms with Gasteiger partial charge in [-0.3, -0.25) is 4.79 Å². The number of nitrogens with one attached hydrogen (secondary N) is 3. The van der Waals surface area contributed by atoms with E-state index in [2.05, 4.69) is 16.0 Å². The van der Waals surface area contributed by atoms with Crippen LogP contribution < -0.4 is 20.7 Å². The summed E-state index contributed by atoms with van der Waals surface area (Å²) in [5.74, 6) is 0.560. The average molecular weight is 597 g/mol. The molecule has 41 heavy (non-hydrogen) atoms. The van der Waals surface area contributed by atoms with Crippen LogP contribution in [0.5, 0.6) is 5.75 Å². The molecule has 9 heteroatoms. The number of aryl methyl sites for hydroxylation is 1. The standard InChI is InChI=1S/C32H28N4O2S3/c1-21-28(22-12-5-3-6-13-22)35-32(40-21)36-30(37)29(23-14-7-4-8-15-23)41-25-17-11-16-24(20-25)33-31(39)34-26-18-9-10-19-27(26)38-2/h3-20,29H,1-2H3,(H2,33,34,39)(H,35,36,37). The second-order valence-electron chi connectivity index (χ2n) is 8.99. The molecular formula is C32H28N4O2S3. The number of hydrogen-bond acceptors (Lipinski definition) is 6. The van der Waals surface area contributed by atoms with Crippen LogP contribution in [0.1, 0.15) is 15.7 Å². The SMILES string of the molecule is COc1ccccc1NC(=S)Nc1cccc(SC(C(=O)Nc2nc(-c3ccccc3)c(C)s2)c2ccccc2)c1. The van der Waals surface area contributed by atoms with E-state index in [4.69, 9.17) is 21.9 Å². The first-order chi connectivity index (χ1) is 20.0. The molecule has 0 saturated heterocycles. The number of benzene rings is 4. The van der Waals surface area contributed by atoms with E-state index < -0.39 is 5.25 Å². The highest BCUT2D eigenvalue weighted by molar-refractivity contribution is 8.00. The van der Waals surface area contributed by atoms with Gasteiger partial charge in [-0.05, 0) is 55.0 Å². The van der Waals surface area contributed by atoms with E-state index in [9.17, 15) is 4.79 Å². The number of nitrogens with zero attached hydrogens (tertiary/aromatic N) is 1. The number of ether oxygens (including phenoxy) is 1. The predicted molar refractivity (Wildman–Crippen MR) is 175 cm³/mol. The zero-order valence-corrected chi connectivity index (χ0v) is 24.9. The maximum Gasteiger partial charge on any atom is 0.244 e. The summed E-state index contributed by atoms with van der Waals surface area (Å²) in [6, 6.07) is 35.2. The van der Waals surface area contributed by atoms with Crippen LogP contribution in [0.15, 0.2) is 114 Å². The van der Waals surface area contributed by atoms with E-state index in [0.29, 0.717) is 16.0 Å². The zero-order chi connectivity index (χ0) is 28.6. The quantitative estimate of drug-likeness (QED) is 0.117. The second-order valence-corrected chi connectivity index (χ2v) is 11.8. The fraction of sp³-hybridized carbons (Fsp3) is 0.0938. The van der Waals surface area contributed by atoms with Crippen LogP contribution >= 0.6 is 35.3 Å². The Kier molecular flexibility index (Phi) is 9.30. The molecule has 3 N–H and O–H groups in total. The van der Waals surface area contributed by atoms with Crippen LogP contribution in [0.2, 0.25) is 0 Å². The van der Waals surface area contributed by atoms with Crippen molar-refractivity contribution in [3.8, 4) is 17.0 Å². The summed E-state index contributed by atoms with van der Waals surface area (Å²) in [6.07, 6.45) is 0. The molecule has 1 heterocycles. The Bertz CT molecular complexity index is 1640. The topological polar surface area (TPSA) is 75.3 Å². The Labute approximate surface area is 253 Å². The van der Waals surface area contributed by atoms with Crippen LogP contribution in [0.3, 0.4) is 0 Å². The molecule has 4 aromatic carbocycles. The lowest BCUT2D eigenvalue weighted by atomic mass is 10.1. The maximum absolute atomic E-state index is 13.7. The summed E-state index contributed by atoms with van der Waals surface area (Å²) in [7, 11) is 1.62. The summed E-state index contributed by atoms with van der Waals surface area (Å²) >= 11 is 8.49. The van der Waals surface area contributed by atoms with Crippen LogP contribution in [0.4, 0.5) is 16.5 Å². The Morgan fingerprint density at radius 1 is 0.878 bits per heavy atom. The lowest BCUT2D eigenvalue weighted by Gasteiger charge is -2.17. The number of hydrogen-bond donors (Lipinski definition) is 3. The lowest BCUT2D eigenvalue weighted by Crippen LogP contribution is -2.20. The van der Waals surface area contributed by atoms with Gasteiger partial charge >= 0.3 is 0 Å². The Morgan fingerprint density at radius 3 is 2.34 bits per heavy atom. The number of thioether (sulfide) groups is 1. The minimum Gasteiger partial charge on any atom is -0.495 e. The van der Waals surface area contributed by atoms with Gasteiger partial charge in [0.05, 0.1) is 18.5 Å². The normalized spacial score (nSPS) is 11.4. The van der Waals surface area contributed by atoms with Crippen molar-refractivity contribution in [2.75, 3.05) is 23.1 Å². The third-order valence-corrected chi connectivity index (χ3v) is 8.45. The molecule has 0 aliphatic carbocycles. The molecule has 0 fully saturated rings. The molecule has 5 aromatic rings. The summed E-state index contributed by atoms with van der Waals surface area (Å²) in [6.45, 7) is 2.02.